The number of nitrogens with zero attached hydrogens (tertiary/aromatic N) is 1. The van der Waals surface area contributed by atoms with Crippen molar-refractivity contribution in [2.45, 2.75) is 32.5 Å². The number of fused-ring (bicyclic) bond motifs is 1. The van der Waals surface area contributed by atoms with Crippen LogP contribution in [0.5, 0.6) is 11.5 Å². The standard InChI is InChI=1S/C18H19ClN2O3/c1-3-10(2)21-17(11-8-13(19)16(23)15(22)9-11)20-14-7-5-4-6-12(14)18(21)24/h4-10,17,20,22-23H,3H2,1-2H3/t10-,17+/m0/s1. The van der Waals surface area contributed by atoms with Crippen molar-refractivity contribution >= 4 is 23.2 Å². The van der Waals surface area contributed by atoms with Crippen LogP contribution in [0.1, 0.15) is 42.4 Å². The van der Waals surface area contributed by atoms with E-state index in [-0.39, 0.29) is 28.5 Å². The Morgan fingerprint density at radius 1 is 1.29 bits per heavy atom. The number of hydrogen-bond donors (Lipinski definition) is 3. The molecule has 2 aromatic carbocycles. The number of amides is 1. The summed E-state index contributed by atoms with van der Waals surface area (Å²) in [5.74, 6) is -0.750. The Morgan fingerprint density at radius 2 is 2.00 bits per heavy atom. The number of benzene rings is 2. The van der Waals surface area contributed by atoms with E-state index in [0.717, 1.165) is 12.1 Å². The van der Waals surface area contributed by atoms with Gasteiger partial charge in [0.25, 0.3) is 5.91 Å². The molecule has 0 saturated heterocycles. The Morgan fingerprint density at radius 3 is 2.67 bits per heavy atom. The fourth-order valence-electron chi connectivity index (χ4n) is 2.93. The van der Waals surface area contributed by atoms with Crippen LogP contribution in [0.2, 0.25) is 5.02 Å². The number of hydrogen-bond acceptors (Lipinski definition) is 4. The van der Waals surface area contributed by atoms with Gasteiger partial charge in [-0.3, -0.25) is 4.79 Å². The minimum Gasteiger partial charge on any atom is -0.504 e. The second-order valence-corrected chi connectivity index (χ2v) is 6.34. The van der Waals surface area contributed by atoms with Gasteiger partial charge in [-0.1, -0.05) is 30.7 Å². The van der Waals surface area contributed by atoms with Gasteiger partial charge in [-0.05, 0) is 37.6 Å². The molecular weight excluding hydrogens is 328 g/mol. The number of anilines is 1. The second kappa shape index (κ2) is 6.24. The third kappa shape index (κ3) is 2.65. The lowest BCUT2D eigenvalue weighted by Gasteiger charge is -2.41. The SMILES string of the molecule is CC[C@H](C)N1C(=O)c2ccccc2N[C@H]1c1cc(O)c(O)c(Cl)c1. The van der Waals surface area contributed by atoms with Gasteiger partial charge in [-0.25, -0.2) is 0 Å². The van der Waals surface area contributed by atoms with Gasteiger partial charge < -0.3 is 20.4 Å². The minimum absolute atomic E-state index is 0.0157. The molecule has 1 amide bonds. The molecule has 0 saturated carbocycles. The van der Waals surface area contributed by atoms with Crippen molar-refractivity contribution in [1.29, 1.82) is 0 Å². The summed E-state index contributed by atoms with van der Waals surface area (Å²) in [5, 5.41) is 22.9. The molecule has 2 aromatic rings. The predicted octanol–water partition coefficient (Wildman–Crippen LogP) is 4.12. The van der Waals surface area contributed by atoms with Crippen molar-refractivity contribution in [3.63, 3.8) is 0 Å². The molecule has 0 radical (unpaired) electrons. The number of rotatable bonds is 3. The summed E-state index contributed by atoms with van der Waals surface area (Å²) < 4.78 is 0. The van der Waals surface area contributed by atoms with Crippen molar-refractivity contribution < 1.29 is 15.0 Å². The molecule has 1 aliphatic heterocycles. The predicted molar refractivity (Wildman–Crippen MR) is 93.5 cm³/mol. The third-order valence-electron chi connectivity index (χ3n) is 4.41. The summed E-state index contributed by atoms with van der Waals surface area (Å²) in [7, 11) is 0. The molecule has 2 atom stereocenters. The van der Waals surface area contributed by atoms with Crippen molar-refractivity contribution in [3.8, 4) is 11.5 Å². The van der Waals surface area contributed by atoms with Crippen LogP contribution in [0.25, 0.3) is 0 Å². The van der Waals surface area contributed by atoms with Gasteiger partial charge in [0.2, 0.25) is 0 Å². The molecule has 3 rings (SSSR count). The van der Waals surface area contributed by atoms with Crippen molar-refractivity contribution in [1.82, 2.24) is 4.90 Å². The Bertz CT molecular complexity index is 771. The molecule has 0 aliphatic carbocycles. The van der Waals surface area contributed by atoms with Gasteiger partial charge in [0.1, 0.15) is 6.17 Å². The number of halogens is 1. The molecule has 0 unspecified atom stereocenters. The molecular formula is C18H19ClN2O3. The summed E-state index contributed by atoms with van der Waals surface area (Å²) in [6.07, 6.45) is 0.301. The summed E-state index contributed by atoms with van der Waals surface area (Å²) in [4.78, 5) is 14.7. The van der Waals surface area contributed by atoms with Gasteiger partial charge >= 0.3 is 0 Å². The summed E-state index contributed by atoms with van der Waals surface area (Å²) in [6.45, 7) is 3.99. The minimum atomic E-state index is -0.480. The molecule has 0 fully saturated rings. The molecule has 126 valence electrons. The van der Waals surface area contributed by atoms with E-state index in [0.29, 0.717) is 11.1 Å². The zero-order valence-electron chi connectivity index (χ0n) is 13.5. The van der Waals surface area contributed by atoms with Crippen LogP contribution in [0, 0.1) is 0 Å². The summed E-state index contributed by atoms with van der Waals surface area (Å²) in [5.41, 5.74) is 1.96. The van der Waals surface area contributed by atoms with Crippen molar-refractivity contribution in [3.05, 3.63) is 52.5 Å². The fourth-order valence-corrected chi connectivity index (χ4v) is 3.15. The topological polar surface area (TPSA) is 72.8 Å². The van der Waals surface area contributed by atoms with Gasteiger partial charge in [0, 0.05) is 17.3 Å². The van der Waals surface area contributed by atoms with Gasteiger partial charge in [-0.15, -0.1) is 0 Å². The van der Waals surface area contributed by atoms with E-state index < -0.39 is 6.17 Å². The van der Waals surface area contributed by atoms with Crippen LogP contribution in [-0.2, 0) is 0 Å². The lowest BCUT2D eigenvalue weighted by Crippen LogP contribution is -2.47. The number of carbonyl (C=O) groups is 1. The Kier molecular flexibility index (Phi) is 4.28. The van der Waals surface area contributed by atoms with Crippen LogP contribution < -0.4 is 5.32 Å². The number of phenolic OH excluding ortho intramolecular Hbond substituents is 2. The van der Waals surface area contributed by atoms with E-state index in [1.165, 1.54) is 6.07 Å². The lowest BCUT2D eigenvalue weighted by molar-refractivity contribution is 0.0593. The second-order valence-electron chi connectivity index (χ2n) is 5.93. The monoisotopic (exact) mass is 346 g/mol. The summed E-state index contributed by atoms with van der Waals surface area (Å²) >= 11 is 5.99. The van der Waals surface area contributed by atoms with Crippen LogP contribution in [0.15, 0.2) is 36.4 Å². The molecule has 0 aromatic heterocycles. The first-order valence-corrected chi connectivity index (χ1v) is 8.21. The van der Waals surface area contributed by atoms with Crippen LogP contribution in [0.3, 0.4) is 0 Å². The van der Waals surface area contributed by atoms with E-state index in [1.54, 1.807) is 17.0 Å². The van der Waals surface area contributed by atoms with E-state index in [9.17, 15) is 15.0 Å². The molecule has 0 spiro atoms. The van der Waals surface area contributed by atoms with Crippen LogP contribution >= 0.6 is 11.6 Å². The highest BCUT2D eigenvalue weighted by Gasteiger charge is 2.35. The molecule has 1 aliphatic rings. The lowest BCUT2D eigenvalue weighted by atomic mass is 10.0. The van der Waals surface area contributed by atoms with E-state index in [4.69, 9.17) is 11.6 Å². The third-order valence-corrected chi connectivity index (χ3v) is 4.70. The van der Waals surface area contributed by atoms with Gasteiger partial charge in [0.15, 0.2) is 11.5 Å². The highest BCUT2D eigenvalue weighted by Crippen LogP contribution is 2.40. The highest BCUT2D eigenvalue weighted by molar-refractivity contribution is 6.32. The Labute approximate surface area is 145 Å². The Hall–Kier alpha value is -2.40. The number of para-hydroxylation sites is 1. The van der Waals surface area contributed by atoms with Crippen LogP contribution in [-0.4, -0.2) is 27.1 Å². The van der Waals surface area contributed by atoms with Crippen LogP contribution in [0.4, 0.5) is 5.69 Å². The number of aromatic hydroxyl groups is 2. The molecule has 24 heavy (non-hydrogen) atoms. The maximum absolute atomic E-state index is 13.0. The Balaban J connectivity index is 2.12. The smallest absolute Gasteiger partial charge is 0.258 e. The normalized spacial score (nSPS) is 18.0. The van der Waals surface area contributed by atoms with Crippen molar-refractivity contribution in [2.24, 2.45) is 0 Å². The van der Waals surface area contributed by atoms with Gasteiger partial charge in [-0.2, -0.15) is 0 Å². The maximum atomic E-state index is 13.0. The van der Waals surface area contributed by atoms with E-state index >= 15 is 0 Å². The largest absolute Gasteiger partial charge is 0.504 e. The number of phenols is 2. The molecule has 1 heterocycles. The first-order chi connectivity index (χ1) is 11.4. The van der Waals surface area contributed by atoms with Gasteiger partial charge in [0.05, 0.1) is 10.6 Å². The maximum Gasteiger partial charge on any atom is 0.258 e. The first kappa shape index (κ1) is 16.5. The number of carbonyl (C=O) groups excluding carboxylic acids is 1. The van der Waals surface area contributed by atoms with E-state index in [2.05, 4.69) is 5.32 Å². The quantitative estimate of drug-likeness (QED) is 0.731. The zero-order chi connectivity index (χ0) is 17.4. The first-order valence-electron chi connectivity index (χ1n) is 7.83. The van der Waals surface area contributed by atoms with E-state index in [1.807, 2.05) is 32.0 Å². The highest BCUT2D eigenvalue weighted by atomic mass is 35.5. The fraction of sp³-hybridized carbons (Fsp3) is 0.278. The van der Waals surface area contributed by atoms with Crippen molar-refractivity contribution in [2.75, 3.05) is 5.32 Å². The average Bonchev–Trinajstić information content (AvgIpc) is 2.58. The number of nitrogens with one attached hydrogen (secondary N) is 1. The summed E-state index contributed by atoms with van der Waals surface area (Å²) in [6, 6.07) is 10.3. The molecule has 3 N–H and O–H groups in total. The average molecular weight is 347 g/mol. The zero-order valence-corrected chi connectivity index (χ0v) is 14.2. The molecule has 0 bridgehead atoms. The molecule has 5 nitrogen and oxygen atoms in total. The molecule has 6 heteroatoms.